The number of rotatable bonds is 12. The van der Waals surface area contributed by atoms with E-state index in [1.165, 1.54) is 24.3 Å². The fourth-order valence-electron chi connectivity index (χ4n) is 2.92. The number of sulfonamides is 1. The van der Waals surface area contributed by atoms with Crippen LogP contribution >= 0.6 is 0 Å². The highest BCUT2D eigenvalue weighted by Crippen LogP contribution is 2.22. The first-order chi connectivity index (χ1) is 13.8. The van der Waals surface area contributed by atoms with E-state index in [2.05, 4.69) is 9.71 Å². The Bertz CT molecular complexity index is 914. The molecule has 0 aliphatic heterocycles. The van der Waals surface area contributed by atoms with E-state index in [-0.39, 0.29) is 29.3 Å². The Morgan fingerprint density at radius 3 is 2.34 bits per heavy atom. The lowest BCUT2D eigenvalue weighted by molar-refractivity contribution is -0.137. The molecule has 1 aromatic carbocycles. The molecule has 3 N–H and O–H groups in total. The Labute approximate surface area is 169 Å². The van der Waals surface area contributed by atoms with Gasteiger partial charge in [-0.1, -0.05) is 18.9 Å². The lowest BCUT2D eigenvalue weighted by atomic mass is 9.94. The minimum atomic E-state index is -3.79. The van der Waals surface area contributed by atoms with Crippen LogP contribution in [0.1, 0.15) is 53.9 Å². The molecule has 1 atom stereocenters. The van der Waals surface area contributed by atoms with E-state index in [0.29, 0.717) is 12.8 Å². The van der Waals surface area contributed by atoms with Gasteiger partial charge in [0.05, 0.1) is 10.5 Å². The van der Waals surface area contributed by atoms with Gasteiger partial charge in [-0.25, -0.2) is 17.9 Å². The summed E-state index contributed by atoms with van der Waals surface area (Å²) in [7, 11) is -3.79. The summed E-state index contributed by atoms with van der Waals surface area (Å²) in [6, 6.07) is 8.68. The zero-order chi connectivity index (χ0) is 21.3. The van der Waals surface area contributed by atoms with Gasteiger partial charge in [0.25, 0.3) is 0 Å². The molecule has 0 bridgehead atoms. The predicted molar refractivity (Wildman–Crippen MR) is 106 cm³/mol. The Hall–Kier alpha value is -2.78. The molecule has 156 valence electrons. The molecule has 29 heavy (non-hydrogen) atoms. The summed E-state index contributed by atoms with van der Waals surface area (Å²) in [5, 5.41) is 17.6. The predicted octanol–water partition coefficient (Wildman–Crippen LogP) is 2.88. The van der Waals surface area contributed by atoms with Crippen LogP contribution < -0.4 is 4.72 Å². The van der Waals surface area contributed by atoms with Crippen molar-refractivity contribution in [2.75, 3.05) is 6.54 Å². The van der Waals surface area contributed by atoms with Gasteiger partial charge in [0, 0.05) is 25.4 Å². The van der Waals surface area contributed by atoms with Crippen molar-refractivity contribution in [2.45, 2.75) is 42.9 Å². The summed E-state index contributed by atoms with van der Waals surface area (Å²) in [6.07, 6.45) is 6.23. The maximum Gasteiger partial charge on any atom is 0.335 e. The van der Waals surface area contributed by atoms with Crippen molar-refractivity contribution in [1.29, 1.82) is 0 Å². The highest BCUT2D eigenvalue weighted by Gasteiger charge is 2.19. The number of nitrogens with one attached hydrogen (secondary N) is 1. The first-order valence-corrected chi connectivity index (χ1v) is 10.7. The van der Waals surface area contributed by atoms with Crippen LogP contribution in [0, 0.1) is 0 Å². The lowest BCUT2D eigenvalue weighted by Gasteiger charge is -2.18. The molecule has 1 unspecified atom stereocenters. The number of benzene rings is 1. The summed E-state index contributed by atoms with van der Waals surface area (Å²) < 4.78 is 27.7. The van der Waals surface area contributed by atoms with Gasteiger partial charge in [0.1, 0.15) is 0 Å². The molecule has 1 aromatic heterocycles. The molecule has 0 spiro atoms. The van der Waals surface area contributed by atoms with Crippen molar-refractivity contribution in [2.24, 2.45) is 0 Å². The largest absolute Gasteiger partial charge is 0.481 e. The normalized spacial score (nSPS) is 12.4. The maximum atomic E-state index is 12.6. The molecule has 0 saturated carbocycles. The number of pyridine rings is 1. The van der Waals surface area contributed by atoms with Crippen LogP contribution in [-0.4, -0.2) is 42.1 Å². The van der Waals surface area contributed by atoms with Gasteiger partial charge in [-0.05, 0) is 54.7 Å². The molecule has 9 heteroatoms. The van der Waals surface area contributed by atoms with E-state index >= 15 is 0 Å². The van der Waals surface area contributed by atoms with Gasteiger partial charge in [-0.3, -0.25) is 9.78 Å². The molecule has 1 heterocycles. The van der Waals surface area contributed by atoms with E-state index < -0.39 is 22.0 Å². The minimum Gasteiger partial charge on any atom is -0.481 e. The molecule has 0 saturated heterocycles. The number of hydrogen-bond acceptors (Lipinski definition) is 5. The van der Waals surface area contributed by atoms with Crippen molar-refractivity contribution in [3.8, 4) is 0 Å². The first kappa shape index (κ1) is 22.5. The van der Waals surface area contributed by atoms with E-state index in [1.807, 2.05) is 6.07 Å². The molecule has 2 aromatic rings. The number of carboxylic acid groups (broad SMARTS) is 2. The summed E-state index contributed by atoms with van der Waals surface area (Å²) in [4.78, 5) is 25.6. The fourth-order valence-corrected chi connectivity index (χ4v) is 4.00. The second-order valence-corrected chi connectivity index (χ2v) is 8.42. The monoisotopic (exact) mass is 420 g/mol. The zero-order valence-corrected chi connectivity index (χ0v) is 16.6. The highest BCUT2D eigenvalue weighted by atomic mass is 32.2. The van der Waals surface area contributed by atoms with Crippen LogP contribution in [0.4, 0.5) is 0 Å². The number of unbranched alkanes of at least 4 members (excludes halogenated alkanes) is 2. The summed E-state index contributed by atoms with van der Waals surface area (Å²) in [6.45, 7) is 0.160. The van der Waals surface area contributed by atoms with Crippen molar-refractivity contribution in [3.63, 3.8) is 0 Å². The summed E-state index contributed by atoms with van der Waals surface area (Å²) in [5.74, 6) is -2.06. The molecule has 2 rings (SSSR count). The van der Waals surface area contributed by atoms with Crippen molar-refractivity contribution >= 4 is 22.0 Å². The number of hydrogen-bond donors (Lipinski definition) is 3. The Balaban J connectivity index is 2.02. The van der Waals surface area contributed by atoms with Gasteiger partial charge in [-0.2, -0.15) is 0 Å². The van der Waals surface area contributed by atoms with Gasteiger partial charge >= 0.3 is 11.9 Å². The quantitative estimate of drug-likeness (QED) is 0.450. The SMILES string of the molecule is O=C(O)CCCCCC(CNS(=O)(=O)c1ccc(C(=O)O)cc1)c1cccnc1. The van der Waals surface area contributed by atoms with Crippen molar-refractivity contribution in [1.82, 2.24) is 9.71 Å². The Morgan fingerprint density at radius 1 is 1.03 bits per heavy atom. The second kappa shape index (κ2) is 10.7. The molecular formula is C20H24N2O6S. The average Bonchev–Trinajstić information content (AvgIpc) is 2.70. The van der Waals surface area contributed by atoms with Gasteiger partial charge in [0.15, 0.2) is 0 Å². The topological polar surface area (TPSA) is 134 Å². The van der Waals surface area contributed by atoms with E-state index in [4.69, 9.17) is 10.2 Å². The molecule has 0 aliphatic rings. The van der Waals surface area contributed by atoms with Crippen LogP contribution in [0.3, 0.4) is 0 Å². The number of aromatic nitrogens is 1. The van der Waals surface area contributed by atoms with Crippen LogP contribution in [0.15, 0.2) is 53.7 Å². The lowest BCUT2D eigenvalue weighted by Crippen LogP contribution is -2.28. The molecule has 0 aliphatic carbocycles. The number of aromatic carboxylic acids is 1. The van der Waals surface area contributed by atoms with E-state index in [9.17, 15) is 18.0 Å². The van der Waals surface area contributed by atoms with Gasteiger partial charge in [-0.15, -0.1) is 0 Å². The number of carbonyl (C=O) groups is 2. The number of nitrogens with zero attached hydrogens (tertiary/aromatic N) is 1. The summed E-state index contributed by atoms with van der Waals surface area (Å²) >= 11 is 0. The standard InChI is InChI=1S/C20H24N2O6S/c23-19(24)7-3-1-2-5-17(16-6-4-12-21-13-16)14-22-29(27,28)18-10-8-15(9-11-18)20(25)26/h4,6,8-13,17,22H,1-3,5,7,14H2,(H,23,24)(H,25,26). The van der Waals surface area contributed by atoms with Crippen LogP contribution in [0.2, 0.25) is 0 Å². The number of aliphatic carboxylic acids is 1. The van der Waals surface area contributed by atoms with Crippen LogP contribution in [-0.2, 0) is 14.8 Å². The van der Waals surface area contributed by atoms with E-state index in [1.54, 1.807) is 18.5 Å². The molecule has 0 radical (unpaired) electrons. The van der Waals surface area contributed by atoms with Gasteiger partial charge in [0.2, 0.25) is 10.0 Å². The molecule has 0 amide bonds. The van der Waals surface area contributed by atoms with Crippen LogP contribution in [0.5, 0.6) is 0 Å². The zero-order valence-electron chi connectivity index (χ0n) is 15.8. The third kappa shape index (κ3) is 7.28. The molecular weight excluding hydrogens is 396 g/mol. The third-order valence-electron chi connectivity index (χ3n) is 4.53. The first-order valence-electron chi connectivity index (χ1n) is 9.24. The number of carboxylic acids is 2. The van der Waals surface area contributed by atoms with Crippen molar-refractivity contribution in [3.05, 3.63) is 59.9 Å². The average molecular weight is 420 g/mol. The summed E-state index contributed by atoms with van der Waals surface area (Å²) in [5.41, 5.74) is 0.910. The second-order valence-electron chi connectivity index (χ2n) is 6.66. The smallest absolute Gasteiger partial charge is 0.335 e. The minimum absolute atomic E-state index is 0.00565. The Kier molecular flexibility index (Phi) is 8.29. The van der Waals surface area contributed by atoms with Crippen LogP contribution in [0.25, 0.3) is 0 Å². The third-order valence-corrected chi connectivity index (χ3v) is 5.97. The Morgan fingerprint density at radius 2 is 1.76 bits per heavy atom. The molecule has 0 fully saturated rings. The molecule has 8 nitrogen and oxygen atoms in total. The van der Waals surface area contributed by atoms with E-state index in [0.717, 1.165) is 18.4 Å². The van der Waals surface area contributed by atoms with Crippen molar-refractivity contribution < 1.29 is 28.2 Å². The highest BCUT2D eigenvalue weighted by molar-refractivity contribution is 7.89. The fraction of sp³-hybridized carbons (Fsp3) is 0.350. The van der Waals surface area contributed by atoms with Gasteiger partial charge < -0.3 is 10.2 Å². The maximum absolute atomic E-state index is 12.6.